The second-order valence-corrected chi connectivity index (χ2v) is 5.26. The van der Waals surface area contributed by atoms with E-state index in [4.69, 9.17) is 0 Å². The van der Waals surface area contributed by atoms with Crippen molar-refractivity contribution in [3.05, 3.63) is 39.9 Å². The van der Waals surface area contributed by atoms with E-state index >= 15 is 0 Å². The molecule has 1 fully saturated rings. The Hall–Kier alpha value is -1.46. The molecule has 1 aromatic rings. The van der Waals surface area contributed by atoms with E-state index in [1.807, 2.05) is 12.1 Å². The van der Waals surface area contributed by atoms with Crippen LogP contribution in [-0.2, 0) is 6.54 Å². The molecule has 0 atom stereocenters. The van der Waals surface area contributed by atoms with Gasteiger partial charge in [0.15, 0.2) is 0 Å². The van der Waals surface area contributed by atoms with Crippen LogP contribution in [0.4, 0.5) is 5.69 Å². The first-order valence-electron chi connectivity index (χ1n) is 6.78. The van der Waals surface area contributed by atoms with Crippen LogP contribution < -0.4 is 5.32 Å². The fraction of sp³-hybridized carbons (Fsp3) is 0.571. The van der Waals surface area contributed by atoms with Crippen LogP contribution in [0.3, 0.4) is 0 Å². The molecule has 2 rings (SSSR count). The number of nitrogens with one attached hydrogen (secondary N) is 1. The van der Waals surface area contributed by atoms with Crippen LogP contribution in [0.1, 0.15) is 18.4 Å². The number of para-hydroxylation sites is 1. The molecule has 1 aliphatic rings. The number of hydrogen-bond donors (Lipinski definition) is 1. The maximum atomic E-state index is 10.9. The summed E-state index contributed by atoms with van der Waals surface area (Å²) in [4.78, 5) is 12.9. The summed E-state index contributed by atoms with van der Waals surface area (Å²) in [6, 6.07) is 6.94. The average molecular weight is 263 g/mol. The van der Waals surface area contributed by atoms with Crippen molar-refractivity contribution in [2.24, 2.45) is 5.92 Å². The van der Waals surface area contributed by atoms with Crippen LogP contribution in [-0.4, -0.2) is 36.5 Å². The topological polar surface area (TPSA) is 58.4 Å². The van der Waals surface area contributed by atoms with Gasteiger partial charge in [-0.2, -0.15) is 0 Å². The van der Waals surface area contributed by atoms with E-state index in [1.165, 1.54) is 12.8 Å². The normalized spacial score (nSPS) is 17.5. The lowest BCUT2D eigenvalue weighted by Crippen LogP contribution is -2.34. The highest BCUT2D eigenvalue weighted by Crippen LogP contribution is 2.18. The standard InChI is InChI=1S/C14H21N3O2/c1-16-8-6-12(7-9-16)10-15-11-13-4-2-3-5-14(13)17(18)19/h2-5,12,15H,6-11H2,1H3. The maximum absolute atomic E-state index is 10.9. The van der Waals surface area contributed by atoms with E-state index in [2.05, 4.69) is 17.3 Å². The van der Waals surface area contributed by atoms with Gasteiger partial charge in [0.1, 0.15) is 0 Å². The Morgan fingerprint density at radius 1 is 1.37 bits per heavy atom. The second kappa shape index (κ2) is 6.63. The summed E-state index contributed by atoms with van der Waals surface area (Å²) >= 11 is 0. The van der Waals surface area contributed by atoms with Crippen LogP contribution >= 0.6 is 0 Å². The molecule has 19 heavy (non-hydrogen) atoms. The van der Waals surface area contributed by atoms with Gasteiger partial charge in [0.05, 0.1) is 4.92 Å². The van der Waals surface area contributed by atoms with Crippen molar-refractivity contribution in [3.8, 4) is 0 Å². The highest BCUT2D eigenvalue weighted by atomic mass is 16.6. The molecule has 1 saturated heterocycles. The molecule has 1 N–H and O–H groups in total. The Morgan fingerprint density at radius 2 is 2.05 bits per heavy atom. The zero-order chi connectivity index (χ0) is 13.7. The summed E-state index contributed by atoms with van der Waals surface area (Å²) in [5.74, 6) is 0.693. The zero-order valence-corrected chi connectivity index (χ0v) is 11.3. The van der Waals surface area contributed by atoms with Crippen LogP contribution in [0.25, 0.3) is 0 Å². The molecule has 5 nitrogen and oxygen atoms in total. The van der Waals surface area contributed by atoms with E-state index in [-0.39, 0.29) is 10.6 Å². The largest absolute Gasteiger partial charge is 0.312 e. The molecule has 104 valence electrons. The summed E-state index contributed by atoms with van der Waals surface area (Å²) in [6.45, 7) is 3.82. The third-order valence-electron chi connectivity index (χ3n) is 3.77. The number of piperidine rings is 1. The van der Waals surface area contributed by atoms with Gasteiger partial charge in [-0.15, -0.1) is 0 Å². The Morgan fingerprint density at radius 3 is 2.74 bits per heavy atom. The SMILES string of the molecule is CN1CCC(CNCc2ccccc2[N+](=O)[O-])CC1. The van der Waals surface area contributed by atoms with Crippen molar-refractivity contribution in [2.45, 2.75) is 19.4 Å². The van der Waals surface area contributed by atoms with E-state index in [9.17, 15) is 10.1 Å². The molecule has 0 aromatic heterocycles. The monoisotopic (exact) mass is 263 g/mol. The summed E-state index contributed by atoms with van der Waals surface area (Å²) < 4.78 is 0. The number of nitro benzene ring substituents is 1. The third kappa shape index (κ3) is 4.01. The lowest BCUT2D eigenvalue weighted by Gasteiger charge is -2.29. The van der Waals surface area contributed by atoms with E-state index in [1.54, 1.807) is 12.1 Å². The third-order valence-corrected chi connectivity index (χ3v) is 3.77. The fourth-order valence-electron chi connectivity index (χ4n) is 2.52. The lowest BCUT2D eigenvalue weighted by atomic mass is 9.97. The molecule has 0 unspecified atom stereocenters. The van der Waals surface area contributed by atoms with Gasteiger partial charge >= 0.3 is 0 Å². The fourth-order valence-corrected chi connectivity index (χ4v) is 2.52. The summed E-state index contributed by atoms with van der Waals surface area (Å²) in [5, 5.41) is 14.3. The molecule has 1 heterocycles. The first kappa shape index (κ1) is 14.0. The zero-order valence-electron chi connectivity index (χ0n) is 11.3. The van der Waals surface area contributed by atoms with Gasteiger partial charge in [-0.1, -0.05) is 18.2 Å². The van der Waals surface area contributed by atoms with Gasteiger partial charge in [0, 0.05) is 18.2 Å². The average Bonchev–Trinajstić information content (AvgIpc) is 2.41. The lowest BCUT2D eigenvalue weighted by molar-refractivity contribution is -0.385. The number of nitro groups is 1. The minimum atomic E-state index is -0.313. The minimum Gasteiger partial charge on any atom is -0.312 e. The number of rotatable bonds is 5. The second-order valence-electron chi connectivity index (χ2n) is 5.26. The highest BCUT2D eigenvalue weighted by Gasteiger charge is 2.17. The number of likely N-dealkylation sites (tertiary alicyclic amines) is 1. The summed E-state index contributed by atoms with van der Waals surface area (Å²) in [5.41, 5.74) is 0.971. The Kier molecular flexibility index (Phi) is 4.87. The first-order valence-corrected chi connectivity index (χ1v) is 6.78. The van der Waals surface area contributed by atoms with Crippen molar-refractivity contribution in [2.75, 3.05) is 26.7 Å². The van der Waals surface area contributed by atoms with Crippen LogP contribution in [0.5, 0.6) is 0 Å². The Bertz CT molecular complexity index is 428. The van der Waals surface area contributed by atoms with Crippen molar-refractivity contribution < 1.29 is 4.92 Å². The highest BCUT2D eigenvalue weighted by molar-refractivity contribution is 5.39. The molecule has 1 aliphatic heterocycles. The molecular weight excluding hydrogens is 242 g/mol. The van der Waals surface area contributed by atoms with Crippen molar-refractivity contribution in [1.82, 2.24) is 10.2 Å². The quantitative estimate of drug-likeness (QED) is 0.652. The number of benzene rings is 1. The van der Waals surface area contributed by atoms with Gasteiger partial charge in [-0.3, -0.25) is 10.1 Å². The number of nitrogens with zero attached hydrogens (tertiary/aromatic N) is 2. The molecule has 0 bridgehead atoms. The smallest absolute Gasteiger partial charge is 0.273 e. The number of hydrogen-bond acceptors (Lipinski definition) is 4. The van der Waals surface area contributed by atoms with Crippen LogP contribution in [0, 0.1) is 16.0 Å². The van der Waals surface area contributed by atoms with Gasteiger partial charge < -0.3 is 10.2 Å². The van der Waals surface area contributed by atoms with Gasteiger partial charge in [0.25, 0.3) is 5.69 Å². The van der Waals surface area contributed by atoms with Crippen molar-refractivity contribution in [3.63, 3.8) is 0 Å². The maximum Gasteiger partial charge on any atom is 0.273 e. The predicted octanol–water partition coefficient (Wildman–Crippen LogP) is 2.03. The molecule has 0 saturated carbocycles. The predicted molar refractivity (Wildman–Crippen MR) is 75.0 cm³/mol. The molecule has 0 radical (unpaired) electrons. The first-order chi connectivity index (χ1) is 9.16. The van der Waals surface area contributed by atoms with Crippen molar-refractivity contribution in [1.29, 1.82) is 0 Å². The van der Waals surface area contributed by atoms with Crippen LogP contribution in [0.15, 0.2) is 24.3 Å². The van der Waals surface area contributed by atoms with Crippen LogP contribution in [0.2, 0.25) is 0 Å². The Balaban J connectivity index is 1.81. The van der Waals surface area contributed by atoms with Gasteiger partial charge in [-0.05, 0) is 45.4 Å². The molecular formula is C14H21N3O2. The molecule has 0 aliphatic carbocycles. The van der Waals surface area contributed by atoms with Gasteiger partial charge in [-0.25, -0.2) is 0 Å². The summed E-state index contributed by atoms with van der Waals surface area (Å²) in [7, 11) is 2.15. The van der Waals surface area contributed by atoms with E-state index < -0.39 is 0 Å². The minimum absolute atomic E-state index is 0.207. The molecule has 0 amide bonds. The molecule has 1 aromatic carbocycles. The van der Waals surface area contributed by atoms with Crippen molar-refractivity contribution >= 4 is 5.69 Å². The van der Waals surface area contributed by atoms with E-state index in [0.29, 0.717) is 12.5 Å². The Labute approximate surface area is 113 Å². The van der Waals surface area contributed by atoms with Gasteiger partial charge in [0.2, 0.25) is 0 Å². The molecule has 0 spiro atoms. The summed E-state index contributed by atoms with van der Waals surface area (Å²) in [6.07, 6.45) is 2.42. The molecule has 5 heteroatoms. The van der Waals surface area contributed by atoms with E-state index in [0.717, 1.165) is 25.2 Å².